The molecule has 96 valence electrons. The number of hydrogen-bond acceptors (Lipinski definition) is 5. The van der Waals surface area contributed by atoms with Crippen molar-refractivity contribution in [3.8, 4) is 0 Å². The van der Waals surface area contributed by atoms with E-state index in [2.05, 4.69) is 34.2 Å². The van der Waals surface area contributed by atoms with Crippen LogP contribution in [0.5, 0.6) is 0 Å². The van der Waals surface area contributed by atoms with Gasteiger partial charge >= 0.3 is 0 Å². The van der Waals surface area contributed by atoms with Crippen LogP contribution in [0.4, 0.5) is 0 Å². The first-order valence-electron chi connectivity index (χ1n) is 6.42. The summed E-state index contributed by atoms with van der Waals surface area (Å²) in [5.74, 6) is 2.06. The normalized spacial score (nSPS) is 21.5. The van der Waals surface area contributed by atoms with Crippen LogP contribution < -0.4 is 5.32 Å². The summed E-state index contributed by atoms with van der Waals surface area (Å²) in [5.41, 5.74) is 0. The Morgan fingerprint density at radius 2 is 2.35 bits per heavy atom. The van der Waals surface area contributed by atoms with Gasteiger partial charge in [-0.3, -0.25) is 0 Å². The second kappa shape index (κ2) is 5.60. The van der Waals surface area contributed by atoms with E-state index in [1.807, 2.05) is 7.05 Å². The molecule has 0 spiro atoms. The number of hydrogen-bond donors (Lipinski definition) is 1. The van der Waals surface area contributed by atoms with Gasteiger partial charge in [0.25, 0.3) is 0 Å². The number of likely N-dealkylation sites (N-methyl/N-ethyl adjacent to an activating group) is 1. The second-order valence-electron chi connectivity index (χ2n) is 4.98. The van der Waals surface area contributed by atoms with Gasteiger partial charge in [0.05, 0.1) is 5.92 Å². The molecular weight excluding hydrogens is 216 g/mol. The van der Waals surface area contributed by atoms with Crippen molar-refractivity contribution in [3.63, 3.8) is 0 Å². The van der Waals surface area contributed by atoms with Crippen LogP contribution >= 0.6 is 0 Å². The molecule has 0 saturated carbocycles. The lowest BCUT2D eigenvalue weighted by atomic mass is 10.1. The molecule has 1 atom stereocenters. The van der Waals surface area contributed by atoms with E-state index in [-0.39, 0.29) is 0 Å². The molecule has 1 fully saturated rings. The molecule has 0 bridgehead atoms. The Morgan fingerprint density at radius 1 is 1.53 bits per heavy atom. The monoisotopic (exact) mass is 238 g/mol. The van der Waals surface area contributed by atoms with Crippen LogP contribution in [0, 0.1) is 0 Å². The van der Waals surface area contributed by atoms with E-state index in [4.69, 9.17) is 4.52 Å². The van der Waals surface area contributed by atoms with E-state index >= 15 is 0 Å². The number of aromatic nitrogens is 2. The van der Waals surface area contributed by atoms with Crippen molar-refractivity contribution in [2.75, 3.05) is 26.7 Å². The Bertz CT molecular complexity index is 350. The largest absolute Gasteiger partial charge is 0.339 e. The molecule has 2 rings (SSSR count). The van der Waals surface area contributed by atoms with Gasteiger partial charge in [-0.15, -0.1) is 0 Å². The van der Waals surface area contributed by atoms with Crippen LogP contribution in [0.15, 0.2) is 4.52 Å². The Balaban J connectivity index is 1.92. The van der Waals surface area contributed by atoms with Crippen LogP contribution in [-0.4, -0.2) is 47.8 Å². The van der Waals surface area contributed by atoms with Crippen LogP contribution in [-0.2, 0) is 6.42 Å². The molecule has 1 saturated heterocycles. The molecule has 17 heavy (non-hydrogen) atoms. The summed E-state index contributed by atoms with van der Waals surface area (Å²) < 4.78 is 5.36. The van der Waals surface area contributed by atoms with Crippen LogP contribution in [0.3, 0.4) is 0 Å². The summed E-state index contributed by atoms with van der Waals surface area (Å²) >= 11 is 0. The van der Waals surface area contributed by atoms with Gasteiger partial charge in [0.1, 0.15) is 0 Å². The summed E-state index contributed by atoms with van der Waals surface area (Å²) in [4.78, 5) is 6.94. The third kappa shape index (κ3) is 3.04. The lowest BCUT2D eigenvalue weighted by Crippen LogP contribution is -2.27. The SMILES string of the molecule is CNCCc1noc(C2CCN(C(C)C)C2)n1. The highest BCUT2D eigenvalue weighted by atomic mass is 16.5. The van der Waals surface area contributed by atoms with Crippen molar-refractivity contribution < 1.29 is 4.52 Å². The van der Waals surface area contributed by atoms with Crippen molar-refractivity contribution >= 4 is 0 Å². The smallest absolute Gasteiger partial charge is 0.231 e. The second-order valence-corrected chi connectivity index (χ2v) is 4.98. The van der Waals surface area contributed by atoms with E-state index in [9.17, 15) is 0 Å². The minimum absolute atomic E-state index is 0.424. The van der Waals surface area contributed by atoms with Gasteiger partial charge in [-0.2, -0.15) is 4.98 Å². The molecule has 5 nitrogen and oxygen atoms in total. The van der Waals surface area contributed by atoms with Gasteiger partial charge in [-0.25, -0.2) is 0 Å². The number of nitrogens with one attached hydrogen (secondary N) is 1. The first-order valence-corrected chi connectivity index (χ1v) is 6.42. The molecule has 0 radical (unpaired) electrons. The topological polar surface area (TPSA) is 54.2 Å². The average molecular weight is 238 g/mol. The summed E-state index contributed by atoms with van der Waals surface area (Å²) in [7, 11) is 1.93. The van der Waals surface area contributed by atoms with E-state index in [0.29, 0.717) is 12.0 Å². The molecule has 0 amide bonds. The standard InChI is InChI=1S/C12H22N4O/c1-9(2)16-7-5-10(8-16)12-14-11(15-17-12)4-6-13-3/h9-10,13H,4-8H2,1-3H3. The Hall–Kier alpha value is -0.940. The van der Waals surface area contributed by atoms with E-state index in [1.54, 1.807) is 0 Å². The number of rotatable bonds is 5. The summed E-state index contributed by atoms with van der Waals surface area (Å²) in [6, 6.07) is 0.603. The minimum atomic E-state index is 0.424. The highest BCUT2D eigenvalue weighted by Gasteiger charge is 2.29. The fraction of sp³-hybridized carbons (Fsp3) is 0.833. The van der Waals surface area contributed by atoms with Crippen molar-refractivity contribution in [2.24, 2.45) is 0 Å². The van der Waals surface area contributed by atoms with Gasteiger partial charge in [0.15, 0.2) is 5.82 Å². The van der Waals surface area contributed by atoms with Crippen molar-refractivity contribution in [3.05, 3.63) is 11.7 Å². The van der Waals surface area contributed by atoms with Gasteiger partial charge in [0, 0.05) is 25.6 Å². The Labute approximate surface area is 103 Å². The zero-order valence-electron chi connectivity index (χ0n) is 10.9. The molecule has 2 heterocycles. The molecule has 1 aliphatic heterocycles. The minimum Gasteiger partial charge on any atom is -0.339 e. The first-order chi connectivity index (χ1) is 8.20. The number of nitrogens with zero attached hydrogens (tertiary/aromatic N) is 3. The molecule has 0 aromatic carbocycles. The van der Waals surface area contributed by atoms with Crippen molar-refractivity contribution in [1.29, 1.82) is 0 Å². The van der Waals surface area contributed by atoms with Gasteiger partial charge in [-0.05, 0) is 33.9 Å². The molecular formula is C12H22N4O. The quantitative estimate of drug-likeness (QED) is 0.830. The van der Waals surface area contributed by atoms with Gasteiger partial charge in [0.2, 0.25) is 5.89 Å². The fourth-order valence-corrected chi connectivity index (χ4v) is 2.23. The lowest BCUT2D eigenvalue weighted by Gasteiger charge is -2.19. The maximum Gasteiger partial charge on any atom is 0.231 e. The summed E-state index contributed by atoms with van der Waals surface area (Å²) in [6.07, 6.45) is 1.96. The predicted octanol–water partition coefficient (Wildman–Crippen LogP) is 1.03. The molecule has 1 aliphatic rings. The Morgan fingerprint density at radius 3 is 3.00 bits per heavy atom. The molecule has 1 aromatic heterocycles. The molecule has 1 aromatic rings. The molecule has 0 aliphatic carbocycles. The average Bonchev–Trinajstić information content (AvgIpc) is 2.94. The predicted molar refractivity (Wildman–Crippen MR) is 66.0 cm³/mol. The van der Waals surface area contributed by atoms with Crippen molar-refractivity contribution in [2.45, 2.75) is 38.6 Å². The van der Waals surface area contributed by atoms with Crippen LogP contribution in [0.25, 0.3) is 0 Å². The molecule has 1 unspecified atom stereocenters. The highest BCUT2D eigenvalue weighted by molar-refractivity contribution is 4.99. The first kappa shape index (κ1) is 12.5. The maximum absolute atomic E-state index is 5.36. The summed E-state index contributed by atoms with van der Waals surface area (Å²) in [5, 5.41) is 7.11. The van der Waals surface area contributed by atoms with Gasteiger partial charge in [-0.1, -0.05) is 5.16 Å². The number of likely N-dealkylation sites (tertiary alicyclic amines) is 1. The Kier molecular flexibility index (Phi) is 4.12. The van der Waals surface area contributed by atoms with E-state index in [0.717, 1.165) is 44.2 Å². The fourth-order valence-electron chi connectivity index (χ4n) is 2.23. The van der Waals surface area contributed by atoms with Crippen LogP contribution in [0.2, 0.25) is 0 Å². The zero-order chi connectivity index (χ0) is 12.3. The van der Waals surface area contributed by atoms with E-state index in [1.165, 1.54) is 0 Å². The molecule has 5 heteroatoms. The van der Waals surface area contributed by atoms with Gasteiger partial charge < -0.3 is 14.7 Å². The maximum atomic E-state index is 5.36. The van der Waals surface area contributed by atoms with Crippen molar-refractivity contribution in [1.82, 2.24) is 20.4 Å². The van der Waals surface area contributed by atoms with E-state index < -0.39 is 0 Å². The third-order valence-electron chi connectivity index (χ3n) is 3.38. The van der Waals surface area contributed by atoms with Crippen LogP contribution in [0.1, 0.15) is 37.9 Å². The third-order valence-corrected chi connectivity index (χ3v) is 3.38. The molecule has 1 N–H and O–H groups in total. The summed E-state index contributed by atoms with van der Waals surface area (Å²) in [6.45, 7) is 7.53. The highest BCUT2D eigenvalue weighted by Crippen LogP contribution is 2.26. The zero-order valence-corrected chi connectivity index (χ0v) is 10.9. The lowest BCUT2D eigenvalue weighted by molar-refractivity contribution is 0.265.